The van der Waals surface area contributed by atoms with E-state index in [9.17, 15) is 32.8 Å². The van der Waals surface area contributed by atoms with Crippen molar-refractivity contribution >= 4 is 81.0 Å². The lowest BCUT2D eigenvalue weighted by Crippen LogP contribution is -2.48. The highest BCUT2D eigenvalue weighted by Gasteiger charge is 2.26. The number of anilines is 3. The standard InChI is InChI=1S/C28H30FN7O3.C27H31N9O2.C26H29FN8O3/c1-3-24(37)36-12-10-35(11-13-36)17-20-8-7-18(16-31-20)19-14-21(25-22(29)6-5-9-30-25)26-23(15-19)32-27(33-26)34-28(38)39-4-2;1-3-23(37)36-12-10-35(11-13-36)17-20-7-6-18(16-31-20)19-14-21(25-29-8-5-9-30-25)24-22(15-19)32-26(33-24)34-27(38)28-4-2;1-3-37-26(36)33-24-31-21-14-17(13-19(23(21)32-24)22-20(27)5-4-6-28-22)18-15-29-25(30-16-18)38-12-11-35-9-7-34(2)8-10-35/h5-9,14-16H,3-4,10-13,17H2,1-2H3,(H2,32,33,34,38);5-9,14-16H,3-4,10-13,17H2,1-2H3,(H3,28,32,33,34,38);4-6,13-16H,3,7-12H2,1-2H3,(H2,31,32,33,36). The fourth-order valence-electron chi connectivity index (χ4n) is 13.5. The number of fused-ring (bicyclic) bond motifs is 3. The van der Waals surface area contributed by atoms with Crippen LogP contribution in [0.1, 0.15) is 58.8 Å². The number of aromatic amines is 3. The number of amides is 6. The van der Waals surface area contributed by atoms with E-state index >= 15 is 0 Å². The van der Waals surface area contributed by atoms with Gasteiger partial charge in [0, 0.05) is 201 Å². The first-order valence-corrected chi connectivity index (χ1v) is 38.3. The number of nitrogens with one attached hydrogen (secondary N) is 7. The minimum Gasteiger partial charge on any atom is -0.462 e. The van der Waals surface area contributed by atoms with Crippen molar-refractivity contribution in [2.24, 2.45) is 0 Å². The average molecular weight is 1570 g/mol. The Morgan fingerprint density at radius 2 is 0.878 bits per heavy atom. The van der Waals surface area contributed by atoms with E-state index < -0.39 is 23.8 Å². The molecule has 0 bridgehead atoms. The summed E-state index contributed by atoms with van der Waals surface area (Å²) in [4.78, 5) is 131. The average Bonchev–Trinajstić information content (AvgIpc) is 1.52. The van der Waals surface area contributed by atoms with Crippen molar-refractivity contribution in [1.29, 1.82) is 0 Å². The second-order valence-electron chi connectivity index (χ2n) is 27.3. The van der Waals surface area contributed by atoms with E-state index in [0.29, 0.717) is 100 Å². The Morgan fingerprint density at radius 1 is 0.452 bits per heavy atom. The molecule has 0 spiro atoms. The molecule has 32 nitrogen and oxygen atoms in total. The predicted molar refractivity (Wildman–Crippen MR) is 431 cm³/mol. The van der Waals surface area contributed by atoms with Gasteiger partial charge in [-0.15, -0.1) is 0 Å². The van der Waals surface area contributed by atoms with Gasteiger partial charge in [0.05, 0.1) is 41.2 Å². The molecule has 0 saturated carbocycles. The molecule has 12 aromatic rings. The van der Waals surface area contributed by atoms with Gasteiger partial charge in [-0.2, -0.15) is 0 Å². The van der Waals surface area contributed by atoms with Gasteiger partial charge in [-0.05, 0) is 123 Å². The zero-order chi connectivity index (χ0) is 80.3. The molecular formula is C81H90F2N24O8. The van der Waals surface area contributed by atoms with E-state index in [1.807, 2.05) is 85.3 Å². The van der Waals surface area contributed by atoms with Crippen molar-refractivity contribution in [2.45, 2.75) is 60.5 Å². The molecule has 15 rings (SSSR count). The Labute approximate surface area is 661 Å². The van der Waals surface area contributed by atoms with Crippen LogP contribution in [0.15, 0.2) is 141 Å². The van der Waals surface area contributed by atoms with Crippen LogP contribution in [0.5, 0.6) is 6.01 Å². The van der Waals surface area contributed by atoms with Gasteiger partial charge in [0.1, 0.15) is 46.2 Å². The number of carbonyl (C=O) groups excluding carboxylic acids is 5. The molecular weight excluding hydrogens is 1480 g/mol. The highest BCUT2D eigenvalue weighted by molar-refractivity contribution is 6.00. The normalized spacial score (nSPS) is 14.2. The molecule has 34 heteroatoms. The van der Waals surface area contributed by atoms with E-state index in [0.717, 1.165) is 136 Å². The summed E-state index contributed by atoms with van der Waals surface area (Å²) in [5.74, 6) is 0.687. The molecule has 6 amide bonds. The summed E-state index contributed by atoms with van der Waals surface area (Å²) in [6.45, 7) is 23.2. The van der Waals surface area contributed by atoms with E-state index in [-0.39, 0.29) is 54.3 Å². The Bertz CT molecular complexity index is 5340. The summed E-state index contributed by atoms with van der Waals surface area (Å²) < 4.78 is 45.2. The molecule has 3 aromatic carbocycles. The topological polar surface area (TPSA) is 370 Å². The molecule has 0 atom stereocenters. The number of likely N-dealkylation sites (N-methyl/N-ethyl adjacent to an activating group) is 1. The highest BCUT2D eigenvalue weighted by atomic mass is 19.1. The Morgan fingerprint density at radius 3 is 1.31 bits per heavy atom. The fourth-order valence-corrected chi connectivity index (χ4v) is 13.5. The Hall–Kier alpha value is -12.9. The first kappa shape index (κ1) is 80.1. The molecule has 12 heterocycles. The number of H-pyrrole nitrogens is 3. The number of benzene rings is 3. The number of urea groups is 1. The number of hydrogen-bond acceptors (Lipinski definition) is 23. The lowest BCUT2D eigenvalue weighted by Gasteiger charge is -2.34. The summed E-state index contributed by atoms with van der Waals surface area (Å²) in [7, 11) is 2.13. The third-order valence-corrected chi connectivity index (χ3v) is 19.5. The Balaban J connectivity index is 0.000000150. The molecule has 3 aliphatic rings. The number of aromatic nitrogens is 14. The van der Waals surface area contributed by atoms with Crippen molar-refractivity contribution in [1.82, 2.24) is 104 Å². The summed E-state index contributed by atoms with van der Waals surface area (Å²) in [6.07, 6.45) is 13.2. The van der Waals surface area contributed by atoms with E-state index in [1.54, 1.807) is 57.0 Å². The molecule has 9 aromatic heterocycles. The van der Waals surface area contributed by atoms with Crippen molar-refractivity contribution in [3.8, 4) is 73.3 Å². The molecule has 7 N–H and O–H groups in total. The number of hydrogen-bond donors (Lipinski definition) is 7. The minimum absolute atomic E-state index is 0.137. The van der Waals surface area contributed by atoms with Crippen LogP contribution in [0.3, 0.4) is 0 Å². The number of halogens is 2. The Kier molecular flexibility index (Phi) is 26.5. The number of pyridine rings is 4. The van der Waals surface area contributed by atoms with Crippen LogP contribution in [0.4, 0.5) is 41.0 Å². The number of imidazole rings is 3. The van der Waals surface area contributed by atoms with Crippen molar-refractivity contribution in [3.05, 3.63) is 164 Å². The number of rotatable bonds is 22. The van der Waals surface area contributed by atoms with Gasteiger partial charge in [0.25, 0.3) is 0 Å². The van der Waals surface area contributed by atoms with Crippen LogP contribution < -0.4 is 26.0 Å². The number of piperazine rings is 3. The second-order valence-corrected chi connectivity index (χ2v) is 27.3. The molecule has 596 valence electrons. The number of nitrogens with zero attached hydrogens (tertiary/aromatic N) is 17. The summed E-state index contributed by atoms with van der Waals surface area (Å²) >= 11 is 0. The van der Waals surface area contributed by atoms with Crippen molar-refractivity contribution < 1.29 is 47.0 Å². The van der Waals surface area contributed by atoms with E-state index in [1.165, 1.54) is 36.7 Å². The highest BCUT2D eigenvalue weighted by Crippen LogP contribution is 2.38. The monoisotopic (exact) mass is 1560 g/mol. The maximum Gasteiger partial charge on any atom is 0.413 e. The van der Waals surface area contributed by atoms with Gasteiger partial charge < -0.3 is 49.2 Å². The lowest BCUT2D eigenvalue weighted by atomic mass is 10.0. The molecule has 0 unspecified atom stereocenters. The van der Waals surface area contributed by atoms with Gasteiger partial charge in [-0.25, -0.2) is 58.1 Å². The first-order chi connectivity index (χ1) is 56.0. The predicted octanol–water partition coefficient (Wildman–Crippen LogP) is 11.1. The first-order valence-electron chi connectivity index (χ1n) is 38.3. The quantitative estimate of drug-likeness (QED) is 0.0331. The zero-order valence-corrected chi connectivity index (χ0v) is 64.8. The van der Waals surface area contributed by atoms with Gasteiger partial charge in [0.15, 0.2) is 5.82 Å². The van der Waals surface area contributed by atoms with Crippen LogP contribution in [0.25, 0.3) is 100 Å². The van der Waals surface area contributed by atoms with Crippen LogP contribution in [-0.2, 0) is 32.2 Å². The van der Waals surface area contributed by atoms with E-state index in [4.69, 9.17) is 19.2 Å². The lowest BCUT2D eigenvalue weighted by molar-refractivity contribution is -0.133. The van der Waals surface area contributed by atoms with E-state index in [2.05, 4.69) is 119 Å². The maximum atomic E-state index is 14.8. The van der Waals surface area contributed by atoms with Crippen LogP contribution >= 0.6 is 0 Å². The zero-order valence-electron chi connectivity index (χ0n) is 64.8. The third kappa shape index (κ3) is 20.5. The third-order valence-electron chi connectivity index (χ3n) is 19.5. The second kappa shape index (κ2) is 38.1. The summed E-state index contributed by atoms with van der Waals surface area (Å²) in [5.41, 5.74) is 12.3. The van der Waals surface area contributed by atoms with Crippen molar-refractivity contribution in [3.63, 3.8) is 0 Å². The molecule has 3 saturated heterocycles. The van der Waals surface area contributed by atoms with Gasteiger partial charge >= 0.3 is 24.2 Å². The van der Waals surface area contributed by atoms with Gasteiger partial charge in [0.2, 0.25) is 29.7 Å². The minimum atomic E-state index is -0.644. The maximum absolute atomic E-state index is 14.8. The summed E-state index contributed by atoms with van der Waals surface area (Å²) in [5, 5.41) is 10.5. The van der Waals surface area contributed by atoms with Gasteiger partial charge in [-0.3, -0.25) is 60.2 Å². The molecule has 3 aliphatic heterocycles. The smallest absolute Gasteiger partial charge is 0.413 e. The fraction of sp³-hybridized carbons (Fsp3) is 0.333. The van der Waals surface area contributed by atoms with Gasteiger partial charge in [-0.1, -0.05) is 26.0 Å². The largest absolute Gasteiger partial charge is 0.462 e. The molecule has 0 aliphatic carbocycles. The molecule has 115 heavy (non-hydrogen) atoms. The number of ether oxygens (including phenoxy) is 3. The SMILES string of the molecule is CCNC(=O)Nc1nc2c(-c3ncccn3)cc(-c3ccc(CN4CCN(C(=O)CC)CC4)nc3)cc2[nH]1.CCOC(=O)Nc1nc2c(-c3ncccc3F)cc(-c3ccc(CN4CCN(C(=O)CC)CC4)nc3)cc2[nH]1.CCOC(=O)Nc1nc2c(-c3ncccc3F)cc(-c3cnc(OCCN4CCN(C)CC4)nc3)cc2[nH]1. The molecule has 0 radical (unpaired) electrons. The molecule has 3 fully saturated rings. The van der Waals surface area contributed by atoms with Crippen LogP contribution in [0.2, 0.25) is 0 Å². The van der Waals surface area contributed by atoms with Crippen LogP contribution in [0, 0.1) is 11.6 Å². The summed E-state index contributed by atoms with van der Waals surface area (Å²) in [6, 6.07) is 26.8. The number of carbonyl (C=O) groups is 5. The van der Waals surface area contributed by atoms with Crippen LogP contribution in [-0.4, -0.2) is 248 Å². The van der Waals surface area contributed by atoms with Crippen molar-refractivity contribution in [2.75, 3.05) is 134 Å².